The molecule has 212 valence electrons. The Hall–Kier alpha value is -0.490. The fourth-order valence-electron chi connectivity index (χ4n) is 4.63. The molecule has 0 saturated carbocycles. The van der Waals surface area contributed by atoms with Gasteiger partial charge in [-0.05, 0) is 26.2 Å². The first-order valence-electron chi connectivity index (χ1n) is 15.5. The van der Waals surface area contributed by atoms with E-state index in [1.807, 2.05) is 0 Å². The highest BCUT2D eigenvalue weighted by Gasteiger charge is 2.09. The Morgan fingerprint density at radius 1 is 0.611 bits per heavy atom. The van der Waals surface area contributed by atoms with Crippen molar-refractivity contribution in [2.75, 3.05) is 33.0 Å². The maximum absolute atomic E-state index is 5.90. The van der Waals surface area contributed by atoms with Gasteiger partial charge in [0.25, 0.3) is 0 Å². The number of aryl methyl sites for hydroxylation is 1. The van der Waals surface area contributed by atoms with Crippen molar-refractivity contribution in [2.24, 2.45) is 0 Å². The topological polar surface area (TPSA) is 31.6 Å². The average Bonchev–Trinajstić information content (AvgIpc) is 3.41. The van der Waals surface area contributed by atoms with E-state index in [1.165, 1.54) is 116 Å². The minimum Gasteiger partial charge on any atom is -0.379 e. The number of thiazole rings is 1. The summed E-state index contributed by atoms with van der Waals surface area (Å²) in [5.41, 5.74) is 2.19. The summed E-state index contributed by atoms with van der Waals surface area (Å²) < 4.78 is 19.9. The molecule has 36 heavy (non-hydrogen) atoms. The zero-order valence-electron chi connectivity index (χ0n) is 24.1. The van der Waals surface area contributed by atoms with Gasteiger partial charge in [0.15, 0.2) is 6.20 Å². The zero-order valence-corrected chi connectivity index (χ0v) is 24.9. The summed E-state index contributed by atoms with van der Waals surface area (Å²) >= 11 is 1.76. The predicted molar refractivity (Wildman–Crippen MR) is 155 cm³/mol. The van der Waals surface area contributed by atoms with Gasteiger partial charge in [-0.15, -0.1) is 0 Å². The summed E-state index contributed by atoms with van der Waals surface area (Å²) in [5.74, 6) is 0. The molecule has 0 N–H and O–H groups in total. The van der Waals surface area contributed by atoms with Crippen LogP contribution in [-0.4, -0.2) is 39.1 Å². The van der Waals surface area contributed by atoms with Gasteiger partial charge in [-0.2, -0.15) is 4.57 Å². The molecule has 0 aliphatic carbocycles. The third-order valence-corrected chi connectivity index (χ3v) is 7.56. The van der Waals surface area contributed by atoms with Crippen LogP contribution in [0.5, 0.6) is 0 Å². The van der Waals surface area contributed by atoms with Gasteiger partial charge in [-0.3, -0.25) is 0 Å². The summed E-state index contributed by atoms with van der Waals surface area (Å²) in [6, 6.07) is 0. The van der Waals surface area contributed by atoms with E-state index < -0.39 is 0 Å². The van der Waals surface area contributed by atoms with Gasteiger partial charge in [0.2, 0.25) is 5.51 Å². The fraction of sp³-hybridized carbons (Fsp3) is 0.903. The van der Waals surface area contributed by atoms with Gasteiger partial charge >= 0.3 is 0 Å². The number of hydrogen-bond donors (Lipinski definition) is 0. The first-order valence-corrected chi connectivity index (χ1v) is 16.5. The lowest BCUT2D eigenvalue weighted by Gasteiger charge is -2.17. The van der Waals surface area contributed by atoms with Crippen molar-refractivity contribution in [3.05, 3.63) is 17.1 Å². The van der Waals surface area contributed by atoms with E-state index >= 15 is 0 Å². The SMILES string of the molecule is CCCCCCCCCCCCCCCCOCC(COCCCCCCC[n+]1ccsc1)OCC. The summed E-state index contributed by atoms with van der Waals surface area (Å²) in [5, 5.41) is 2.14. The molecular weight excluding hydrogens is 466 g/mol. The lowest BCUT2D eigenvalue weighted by atomic mass is 10.0. The molecular formula is C31H60NO3S+. The molecule has 4 nitrogen and oxygen atoms in total. The van der Waals surface area contributed by atoms with Crippen molar-refractivity contribution in [1.82, 2.24) is 0 Å². The van der Waals surface area contributed by atoms with Crippen LogP contribution in [0.4, 0.5) is 0 Å². The molecule has 1 unspecified atom stereocenters. The first-order chi connectivity index (χ1) is 17.9. The molecule has 0 aliphatic rings. The van der Waals surface area contributed by atoms with Crippen LogP contribution in [0.3, 0.4) is 0 Å². The number of aromatic nitrogens is 1. The van der Waals surface area contributed by atoms with E-state index in [0.717, 1.165) is 32.8 Å². The molecule has 0 spiro atoms. The first kappa shape index (κ1) is 33.5. The molecule has 0 amide bonds. The van der Waals surface area contributed by atoms with Crippen LogP contribution >= 0.6 is 11.3 Å². The van der Waals surface area contributed by atoms with Gasteiger partial charge in [0.05, 0.1) is 18.6 Å². The van der Waals surface area contributed by atoms with Gasteiger partial charge in [-0.1, -0.05) is 115 Å². The van der Waals surface area contributed by atoms with E-state index in [0.29, 0.717) is 13.2 Å². The predicted octanol–water partition coefficient (Wildman–Crippen LogP) is 8.91. The summed E-state index contributed by atoms with van der Waals surface area (Å²) in [6.07, 6.45) is 28.0. The molecule has 0 aromatic carbocycles. The summed E-state index contributed by atoms with van der Waals surface area (Å²) in [7, 11) is 0. The number of hydrogen-bond acceptors (Lipinski definition) is 4. The van der Waals surface area contributed by atoms with Crippen molar-refractivity contribution < 1.29 is 18.8 Å². The largest absolute Gasteiger partial charge is 0.379 e. The van der Waals surface area contributed by atoms with E-state index in [9.17, 15) is 0 Å². The van der Waals surface area contributed by atoms with Crippen molar-refractivity contribution in [3.63, 3.8) is 0 Å². The molecule has 1 heterocycles. The molecule has 1 aromatic rings. The average molecular weight is 527 g/mol. The quantitative estimate of drug-likeness (QED) is 0.0771. The van der Waals surface area contributed by atoms with E-state index in [4.69, 9.17) is 14.2 Å². The highest BCUT2D eigenvalue weighted by molar-refractivity contribution is 7.07. The van der Waals surface area contributed by atoms with Crippen LogP contribution in [0, 0.1) is 0 Å². The van der Waals surface area contributed by atoms with Crippen LogP contribution in [0.1, 0.15) is 136 Å². The molecule has 1 atom stereocenters. The number of unbranched alkanes of at least 4 members (excludes halogenated alkanes) is 17. The van der Waals surface area contributed by atoms with Crippen LogP contribution < -0.4 is 4.57 Å². The molecule has 1 aromatic heterocycles. The second-order valence-corrected chi connectivity index (χ2v) is 11.1. The highest BCUT2D eigenvalue weighted by atomic mass is 32.1. The number of rotatable bonds is 29. The molecule has 0 saturated heterocycles. The Labute approximate surface area is 228 Å². The van der Waals surface area contributed by atoms with Crippen molar-refractivity contribution in [2.45, 2.75) is 148 Å². The smallest absolute Gasteiger partial charge is 0.224 e. The van der Waals surface area contributed by atoms with Crippen molar-refractivity contribution in [1.29, 1.82) is 0 Å². The lowest BCUT2D eigenvalue weighted by Crippen LogP contribution is -2.29. The van der Waals surface area contributed by atoms with E-state index in [2.05, 4.69) is 35.5 Å². The second kappa shape index (κ2) is 27.5. The highest BCUT2D eigenvalue weighted by Crippen LogP contribution is 2.13. The molecule has 0 radical (unpaired) electrons. The molecule has 0 fully saturated rings. The van der Waals surface area contributed by atoms with Gasteiger partial charge in [0, 0.05) is 26.2 Å². The standard InChI is InChI=1S/C31H60NO3S/c1-3-5-6-7-8-9-10-11-12-13-14-15-18-21-25-33-28-31(35-4-2)29-34-26-22-19-16-17-20-23-32-24-27-36-30-32/h24,27,30-31H,3-23,25-26,28-29H2,1-2H3/q+1. The second-order valence-electron chi connectivity index (χ2n) is 10.4. The lowest BCUT2D eigenvalue weighted by molar-refractivity contribution is -0.692. The van der Waals surface area contributed by atoms with Crippen LogP contribution in [0.15, 0.2) is 17.1 Å². The Morgan fingerprint density at radius 3 is 1.53 bits per heavy atom. The third kappa shape index (κ3) is 22.7. The summed E-state index contributed by atoms with van der Waals surface area (Å²) in [6.45, 7) is 9.21. The third-order valence-electron chi connectivity index (χ3n) is 6.88. The molecule has 0 bridgehead atoms. The fourth-order valence-corrected chi connectivity index (χ4v) is 5.25. The van der Waals surface area contributed by atoms with E-state index in [1.54, 1.807) is 11.3 Å². The minimum absolute atomic E-state index is 0.0734. The normalized spacial score (nSPS) is 12.4. The van der Waals surface area contributed by atoms with Crippen molar-refractivity contribution in [3.8, 4) is 0 Å². The Balaban J connectivity index is 1.81. The minimum atomic E-state index is 0.0734. The van der Waals surface area contributed by atoms with Crippen molar-refractivity contribution >= 4 is 11.3 Å². The number of ether oxygens (including phenoxy) is 3. The maximum atomic E-state index is 5.90. The Kier molecular flexibility index (Phi) is 25.7. The molecule has 5 heteroatoms. The zero-order chi connectivity index (χ0) is 25.8. The maximum Gasteiger partial charge on any atom is 0.224 e. The van der Waals surface area contributed by atoms with Crippen LogP contribution in [0.25, 0.3) is 0 Å². The van der Waals surface area contributed by atoms with Crippen LogP contribution in [0.2, 0.25) is 0 Å². The Morgan fingerprint density at radius 2 is 1.08 bits per heavy atom. The van der Waals surface area contributed by atoms with Gasteiger partial charge in [0.1, 0.15) is 12.6 Å². The Bertz CT molecular complexity index is 526. The number of nitrogens with zero attached hydrogens (tertiary/aromatic N) is 1. The monoisotopic (exact) mass is 526 g/mol. The molecule has 1 rings (SSSR count). The van der Waals surface area contributed by atoms with Crippen LogP contribution in [-0.2, 0) is 20.8 Å². The summed E-state index contributed by atoms with van der Waals surface area (Å²) in [4.78, 5) is 0. The molecule has 0 aliphatic heterocycles. The van der Waals surface area contributed by atoms with Gasteiger partial charge in [-0.25, -0.2) is 0 Å². The van der Waals surface area contributed by atoms with Gasteiger partial charge < -0.3 is 14.2 Å². The van der Waals surface area contributed by atoms with E-state index in [-0.39, 0.29) is 6.10 Å².